The Balaban J connectivity index is 2.18. The van der Waals surface area contributed by atoms with Crippen molar-refractivity contribution in [2.75, 3.05) is 17.7 Å². The molecule has 0 saturated heterocycles. The van der Waals surface area contributed by atoms with E-state index in [9.17, 15) is 10.1 Å². The molecule has 2 aromatic rings. The Labute approximate surface area is 151 Å². The molecule has 6 heteroatoms. The molecule has 5 nitrogen and oxygen atoms in total. The molecule has 0 aliphatic rings. The van der Waals surface area contributed by atoms with E-state index < -0.39 is 5.91 Å². The first kappa shape index (κ1) is 18.4. The Morgan fingerprint density at radius 2 is 1.96 bits per heavy atom. The second-order valence-corrected chi connectivity index (χ2v) is 5.87. The van der Waals surface area contributed by atoms with E-state index in [-0.39, 0.29) is 5.57 Å². The molecular weight excluding hydrogens is 338 g/mol. The number of amides is 1. The van der Waals surface area contributed by atoms with E-state index >= 15 is 0 Å². The summed E-state index contributed by atoms with van der Waals surface area (Å²) in [6, 6.07) is 12.6. The maximum absolute atomic E-state index is 12.4. The van der Waals surface area contributed by atoms with E-state index in [1.165, 1.54) is 13.3 Å². The van der Waals surface area contributed by atoms with Gasteiger partial charge in [-0.25, -0.2) is 0 Å². The highest BCUT2D eigenvalue weighted by Crippen LogP contribution is 2.25. The first-order valence-corrected chi connectivity index (χ1v) is 7.91. The molecule has 0 heterocycles. The summed E-state index contributed by atoms with van der Waals surface area (Å²) in [5.41, 5.74) is 3.09. The van der Waals surface area contributed by atoms with Crippen LogP contribution in [0.15, 0.2) is 48.2 Å². The van der Waals surface area contributed by atoms with Gasteiger partial charge in [0.05, 0.1) is 12.8 Å². The number of carbonyl (C=O) groups is 1. The summed E-state index contributed by atoms with van der Waals surface area (Å²) in [5.74, 6) is 0.00302. The van der Waals surface area contributed by atoms with Crippen molar-refractivity contribution in [1.29, 1.82) is 5.26 Å². The molecule has 0 aromatic heterocycles. The molecule has 0 bridgehead atoms. The molecule has 0 atom stereocenters. The van der Waals surface area contributed by atoms with Gasteiger partial charge in [-0.2, -0.15) is 5.26 Å². The topological polar surface area (TPSA) is 74.1 Å². The summed E-state index contributed by atoms with van der Waals surface area (Å²) >= 11 is 5.92. The number of hydrogen-bond acceptors (Lipinski definition) is 4. The lowest BCUT2D eigenvalue weighted by Crippen LogP contribution is -2.15. The Hall–Kier alpha value is -2.97. The minimum Gasteiger partial charge on any atom is -0.495 e. The van der Waals surface area contributed by atoms with Crippen LogP contribution in [0.2, 0.25) is 5.02 Å². The number of benzene rings is 2. The number of aryl methyl sites for hydroxylation is 2. The number of nitrogens with zero attached hydrogens (tertiary/aromatic N) is 1. The van der Waals surface area contributed by atoms with Gasteiger partial charge in [-0.3, -0.25) is 4.79 Å². The fourth-order valence-corrected chi connectivity index (χ4v) is 2.42. The smallest absolute Gasteiger partial charge is 0.267 e. The minimum atomic E-state index is -0.523. The van der Waals surface area contributed by atoms with Crippen LogP contribution in [-0.4, -0.2) is 13.0 Å². The van der Waals surface area contributed by atoms with Gasteiger partial charge in [-0.1, -0.05) is 17.7 Å². The normalized spacial score (nSPS) is 10.8. The van der Waals surface area contributed by atoms with E-state index in [4.69, 9.17) is 16.3 Å². The van der Waals surface area contributed by atoms with Gasteiger partial charge in [0.2, 0.25) is 0 Å². The zero-order chi connectivity index (χ0) is 18.4. The van der Waals surface area contributed by atoms with Crippen LogP contribution in [0, 0.1) is 25.2 Å². The van der Waals surface area contributed by atoms with Crippen LogP contribution in [0.4, 0.5) is 11.4 Å². The molecule has 25 heavy (non-hydrogen) atoms. The second kappa shape index (κ2) is 8.22. The standard InChI is InChI=1S/C19H18ClN3O2/c1-12-4-7-18(25-3)17(8-12)23-19(24)14(10-21)11-22-16-6-5-15(20)9-13(16)2/h4-9,11,22H,1-3H3,(H,23,24)/b14-11-. The van der Waals surface area contributed by atoms with Crippen LogP contribution in [0.3, 0.4) is 0 Å². The lowest BCUT2D eigenvalue weighted by molar-refractivity contribution is -0.112. The minimum absolute atomic E-state index is 0.0575. The SMILES string of the molecule is COc1ccc(C)cc1NC(=O)/C(C#N)=C\Nc1ccc(Cl)cc1C. The molecule has 0 unspecified atom stereocenters. The largest absolute Gasteiger partial charge is 0.495 e. The van der Waals surface area contributed by atoms with Crippen molar-refractivity contribution >= 4 is 28.9 Å². The van der Waals surface area contributed by atoms with Crippen LogP contribution in [0.1, 0.15) is 11.1 Å². The van der Waals surface area contributed by atoms with Crippen LogP contribution >= 0.6 is 11.6 Å². The Bertz CT molecular complexity index is 869. The first-order chi connectivity index (χ1) is 11.9. The molecule has 0 aliphatic carbocycles. The third-order valence-corrected chi connectivity index (χ3v) is 3.76. The van der Waals surface area contributed by atoms with Crippen molar-refractivity contribution in [1.82, 2.24) is 0 Å². The van der Waals surface area contributed by atoms with Crippen LogP contribution < -0.4 is 15.4 Å². The summed E-state index contributed by atoms with van der Waals surface area (Å²) < 4.78 is 5.23. The zero-order valence-electron chi connectivity index (χ0n) is 14.2. The molecule has 0 saturated carbocycles. The lowest BCUT2D eigenvalue weighted by Gasteiger charge is -2.11. The summed E-state index contributed by atoms with van der Waals surface area (Å²) in [5, 5.41) is 15.6. The number of methoxy groups -OCH3 is 1. The fourth-order valence-electron chi connectivity index (χ4n) is 2.20. The van der Waals surface area contributed by atoms with E-state index in [0.717, 1.165) is 16.8 Å². The van der Waals surface area contributed by atoms with Gasteiger partial charge in [0, 0.05) is 16.9 Å². The van der Waals surface area contributed by atoms with E-state index in [0.29, 0.717) is 16.5 Å². The molecule has 0 aliphatic heterocycles. The summed E-state index contributed by atoms with van der Waals surface area (Å²) in [6.07, 6.45) is 1.37. The fraction of sp³-hybridized carbons (Fsp3) is 0.158. The summed E-state index contributed by atoms with van der Waals surface area (Å²) in [4.78, 5) is 12.4. The zero-order valence-corrected chi connectivity index (χ0v) is 14.9. The van der Waals surface area contributed by atoms with E-state index in [2.05, 4.69) is 10.6 Å². The summed E-state index contributed by atoms with van der Waals surface area (Å²) in [7, 11) is 1.52. The number of halogens is 1. The van der Waals surface area contributed by atoms with Crippen molar-refractivity contribution in [3.63, 3.8) is 0 Å². The Kier molecular flexibility index (Phi) is 6.04. The molecule has 128 valence electrons. The third-order valence-electron chi connectivity index (χ3n) is 3.53. The first-order valence-electron chi connectivity index (χ1n) is 7.53. The summed E-state index contributed by atoms with van der Waals surface area (Å²) in [6.45, 7) is 3.78. The van der Waals surface area contributed by atoms with Crippen LogP contribution in [0.25, 0.3) is 0 Å². The highest BCUT2D eigenvalue weighted by Gasteiger charge is 2.12. The van der Waals surface area contributed by atoms with Crippen molar-refractivity contribution < 1.29 is 9.53 Å². The predicted octanol–water partition coefficient (Wildman–Crippen LogP) is 4.42. The van der Waals surface area contributed by atoms with Crippen LogP contribution in [-0.2, 0) is 4.79 Å². The highest BCUT2D eigenvalue weighted by molar-refractivity contribution is 6.30. The van der Waals surface area contributed by atoms with Gasteiger partial charge >= 0.3 is 0 Å². The van der Waals surface area contributed by atoms with Crippen molar-refractivity contribution in [3.05, 3.63) is 64.3 Å². The number of hydrogen-bond donors (Lipinski definition) is 2. The van der Waals surface area contributed by atoms with Gasteiger partial charge < -0.3 is 15.4 Å². The third kappa shape index (κ3) is 4.75. The van der Waals surface area contributed by atoms with Gasteiger partial charge in [0.25, 0.3) is 5.91 Å². The number of rotatable bonds is 5. The molecule has 0 radical (unpaired) electrons. The highest BCUT2D eigenvalue weighted by atomic mass is 35.5. The van der Waals surface area contributed by atoms with Crippen molar-refractivity contribution in [2.45, 2.75) is 13.8 Å². The Morgan fingerprint density at radius 3 is 2.60 bits per heavy atom. The molecule has 1 amide bonds. The molecule has 2 N–H and O–H groups in total. The van der Waals surface area contributed by atoms with Gasteiger partial charge in [-0.15, -0.1) is 0 Å². The van der Waals surface area contributed by atoms with Gasteiger partial charge in [0.1, 0.15) is 17.4 Å². The second-order valence-electron chi connectivity index (χ2n) is 5.43. The molecule has 2 aromatic carbocycles. The van der Waals surface area contributed by atoms with Gasteiger partial charge in [-0.05, 0) is 55.3 Å². The quantitative estimate of drug-likeness (QED) is 0.615. The van der Waals surface area contributed by atoms with Crippen LogP contribution in [0.5, 0.6) is 5.75 Å². The number of carbonyl (C=O) groups excluding carboxylic acids is 1. The Morgan fingerprint density at radius 1 is 1.20 bits per heavy atom. The maximum Gasteiger partial charge on any atom is 0.267 e. The molecule has 2 rings (SSSR count). The average Bonchev–Trinajstić information content (AvgIpc) is 2.57. The number of nitriles is 1. The predicted molar refractivity (Wildman–Crippen MR) is 99.9 cm³/mol. The van der Waals surface area contributed by atoms with Gasteiger partial charge in [0.15, 0.2) is 0 Å². The molecule has 0 spiro atoms. The van der Waals surface area contributed by atoms with Crippen molar-refractivity contribution in [2.24, 2.45) is 0 Å². The monoisotopic (exact) mass is 355 g/mol. The maximum atomic E-state index is 12.4. The van der Waals surface area contributed by atoms with E-state index in [1.54, 1.807) is 30.3 Å². The average molecular weight is 356 g/mol. The molecule has 0 fully saturated rings. The molecular formula is C19H18ClN3O2. The number of ether oxygens (including phenoxy) is 1. The number of anilines is 2. The number of nitrogens with one attached hydrogen (secondary N) is 2. The van der Waals surface area contributed by atoms with Crippen molar-refractivity contribution in [3.8, 4) is 11.8 Å². The van der Waals surface area contributed by atoms with E-state index in [1.807, 2.05) is 26.0 Å². The lowest BCUT2D eigenvalue weighted by atomic mass is 10.2.